The molecule has 154 valence electrons. The number of aromatic nitrogens is 2. The number of fused-ring (bicyclic) bond motifs is 3. The maximum atomic E-state index is 12.6. The van der Waals surface area contributed by atoms with E-state index in [-0.39, 0.29) is 9.75 Å². The van der Waals surface area contributed by atoms with Crippen molar-refractivity contribution in [1.29, 1.82) is 0 Å². The summed E-state index contributed by atoms with van der Waals surface area (Å²) in [6.45, 7) is 3.27. The molecule has 0 bridgehead atoms. The van der Waals surface area contributed by atoms with Crippen LogP contribution in [0.2, 0.25) is 0 Å². The van der Waals surface area contributed by atoms with Crippen LogP contribution in [0, 0.1) is 0 Å². The molecule has 2 aromatic heterocycles. The van der Waals surface area contributed by atoms with Crippen LogP contribution in [0.5, 0.6) is 0 Å². The van der Waals surface area contributed by atoms with Crippen molar-refractivity contribution in [3.8, 4) is 0 Å². The van der Waals surface area contributed by atoms with Gasteiger partial charge in [-0.1, -0.05) is 0 Å². The Kier molecular flexibility index (Phi) is 4.34. The SMILES string of the molecule is CC(C)(O)c1cnc(/[SH](=O)=N/C(=O)Nc2c3c(nc4c2CCC42CC2)CCC3)s1. The largest absolute Gasteiger partial charge is 0.385 e. The van der Waals surface area contributed by atoms with Crippen LogP contribution in [-0.4, -0.2) is 25.3 Å². The molecular formula is C20H24N4O3S2. The second kappa shape index (κ2) is 6.58. The van der Waals surface area contributed by atoms with Gasteiger partial charge in [0.25, 0.3) is 0 Å². The predicted octanol–water partition coefficient (Wildman–Crippen LogP) is 3.49. The summed E-state index contributed by atoms with van der Waals surface area (Å²) in [5.74, 6) is 0. The highest BCUT2D eigenvalue weighted by Gasteiger charge is 2.51. The Hall–Kier alpha value is -1.84. The number of thiazole rings is 1. The highest BCUT2D eigenvalue weighted by Crippen LogP contribution is 2.58. The summed E-state index contributed by atoms with van der Waals surface area (Å²) in [5, 5.41) is 13.0. The molecule has 1 unspecified atom stereocenters. The van der Waals surface area contributed by atoms with E-state index in [9.17, 15) is 14.1 Å². The lowest BCUT2D eigenvalue weighted by Crippen LogP contribution is -2.14. The first-order valence-electron chi connectivity index (χ1n) is 10.0. The van der Waals surface area contributed by atoms with Crippen LogP contribution < -0.4 is 5.32 Å². The number of hydrogen-bond acceptors (Lipinski definition) is 6. The van der Waals surface area contributed by atoms with Crippen LogP contribution in [0.3, 0.4) is 0 Å². The monoisotopic (exact) mass is 432 g/mol. The summed E-state index contributed by atoms with van der Waals surface area (Å²) >= 11 is 1.12. The van der Waals surface area contributed by atoms with Gasteiger partial charge in [0.2, 0.25) is 0 Å². The van der Waals surface area contributed by atoms with Gasteiger partial charge >= 0.3 is 6.03 Å². The molecule has 1 fully saturated rings. The van der Waals surface area contributed by atoms with Gasteiger partial charge in [-0.15, -0.1) is 15.7 Å². The topological polar surface area (TPSA) is 105 Å². The molecule has 3 aliphatic carbocycles. The third kappa shape index (κ3) is 3.29. The molecule has 0 aliphatic heterocycles. The van der Waals surface area contributed by atoms with Crippen molar-refractivity contribution in [1.82, 2.24) is 9.97 Å². The molecule has 1 atom stereocenters. The highest BCUT2D eigenvalue weighted by molar-refractivity contribution is 7.77. The van der Waals surface area contributed by atoms with Crippen LogP contribution in [0.25, 0.3) is 0 Å². The first-order valence-corrected chi connectivity index (χ1v) is 12.0. The van der Waals surface area contributed by atoms with Crippen molar-refractivity contribution < 1.29 is 14.1 Å². The minimum atomic E-state index is -2.31. The summed E-state index contributed by atoms with van der Waals surface area (Å²) in [7, 11) is -2.31. The van der Waals surface area contributed by atoms with Gasteiger partial charge in [-0.2, -0.15) is 0 Å². The molecule has 2 amide bonds. The number of nitrogens with zero attached hydrogens (tertiary/aromatic N) is 3. The zero-order valence-electron chi connectivity index (χ0n) is 16.5. The quantitative estimate of drug-likeness (QED) is 0.644. The van der Waals surface area contributed by atoms with Gasteiger partial charge in [-0.25, -0.2) is 14.0 Å². The minimum Gasteiger partial charge on any atom is -0.385 e. The Labute approximate surface area is 175 Å². The van der Waals surface area contributed by atoms with Crippen molar-refractivity contribution in [3.63, 3.8) is 0 Å². The fourth-order valence-electron chi connectivity index (χ4n) is 4.47. The first kappa shape index (κ1) is 19.1. The zero-order chi connectivity index (χ0) is 20.4. The van der Waals surface area contributed by atoms with Crippen molar-refractivity contribution in [3.05, 3.63) is 33.6 Å². The number of rotatable bonds is 3. The lowest BCUT2D eigenvalue weighted by molar-refractivity contribution is 0.0823. The number of anilines is 1. The maximum Gasteiger partial charge on any atom is 0.353 e. The number of aryl methyl sites for hydroxylation is 1. The van der Waals surface area contributed by atoms with E-state index in [1.165, 1.54) is 24.7 Å². The van der Waals surface area contributed by atoms with Gasteiger partial charge in [0, 0.05) is 17.3 Å². The number of amides is 2. The van der Waals surface area contributed by atoms with Crippen molar-refractivity contribution in [2.75, 3.05) is 5.32 Å². The first-order chi connectivity index (χ1) is 13.8. The Morgan fingerprint density at radius 3 is 2.76 bits per heavy atom. The molecule has 5 rings (SSSR count). The number of aliphatic hydroxyl groups is 1. The number of pyridine rings is 1. The zero-order valence-corrected chi connectivity index (χ0v) is 18.2. The van der Waals surface area contributed by atoms with Crippen LogP contribution in [0.4, 0.5) is 10.5 Å². The third-order valence-corrected chi connectivity index (χ3v) is 8.87. The predicted molar refractivity (Wildman–Crippen MR) is 112 cm³/mol. The van der Waals surface area contributed by atoms with E-state index in [1.807, 2.05) is 0 Å². The van der Waals surface area contributed by atoms with Gasteiger partial charge < -0.3 is 10.4 Å². The lowest BCUT2D eigenvalue weighted by Gasteiger charge is -2.15. The molecule has 0 radical (unpaired) electrons. The molecule has 7 nitrogen and oxygen atoms in total. The fraction of sp³-hybridized carbons (Fsp3) is 0.550. The highest BCUT2D eigenvalue weighted by atomic mass is 32.2. The summed E-state index contributed by atoms with van der Waals surface area (Å²) in [4.78, 5) is 22.3. The van der Waals surface area contributed by atoms with E-state index in [0.717, 1.165) is 65.9 Å². The number of carbonyl (C=O) groups is 1. The third-order valence-electron chi connectivity index (χ3n) is 6.21. The number of carbonyl (C=O) groups excluding carboxylic acids is 1. The van der Waals surface area contributed by atoms with Crippen molar-refractivity contribution >= 4 is 33.7 Å². The molecule has 2 aromatic rings. The molecule has 1 saturated carbocycles. The minimum absolute atomic E-state index is 0.239. The van der Waals surface area contributed by atoms with E-state index in [1.54, 1.807) is 13.8 Å². The molecule has 2 heterocycles. The number of nitrogens with one attached hydrogen (secondary N) is 1. The summed E-state index contributed by atoms with van der Waals surface area (Å²) in [6.07, 6.45) is 8.79. The van der Waals surface area contributed by atoms with E-state index in [4.69, 9.17) is 4.98 Å². The van der Waals surface area contributed by atoms with Gasteiger partial charge in [0.15, 0.2) is 4.34 Å². The second-order valence-corrected chi connectivity index (χ2v) is 11.2. The van der Waals surface area contributed by atoms with Crippen LogP contribution in [0.15, 0.2) is 14.9 Å². The van der Waals surface area contributed by atoms with Crippen molar-refractivity contribution in [2.24, 2.45) is 4.36 Å². The average molecular weight is 433 g/mol. The van der Waals surface area contributed by atoms with E-state index in [0.29, 0.717) is 4.88 Å². The standard InChI is InChI=1S/C20H24N4O3S2/c1-19(2,26)14-10-21-18(28-14)29(27)24-17(25)23-15-11-4-3-5-13(11)22-16-12(15)6-7-20(16)8-9-20/h10,26,29H,3-9H2,1-2H3,(H,22,23,25). The van der Waals surface area contributed by atoms with Crippen LogP contribution >= 0.6 is 11.3 Å². The Bertz CT molecular complexity index is 1110. The number of hydrogen-bond donors (Lipinski definition) is 3. The number of urea groups is 1. The number of thiol groups is 1. The summed E-state index contributed by atoms with van der Waals surface area (Å²) < 4.78 is 16.6. The average Bonchev–Trinajstić information content (AvgIpc) is 3.04. The van der Waals surface area contributed by atoms with Crippen molar-refractivity contribution in [2.45, 2.75) is 74.1 Å². The Morgan fingerprint density at radius 2 is 2.07 bits per heavy atom. The molecule has 29 heavy (non-hydrogen) atoms. The van der Waals surface area contributed by atoms with E-state index < -0.39 is 22.2 Å². The van der Waals surface area contributed by atoms with Gasteiger partial charge in [0.05, 0.1) is 21.9 Å². The lowest BCUT2D eigenvalue weighted by atomic mass is 10.0. The van der Waals surface area contributed by atoms with Gasteiger partial charge in [-0.05, 0) is 69.9 Å². The Balaban J connectivity index is 1.44. The van der Waals surface area contributed by atoms with Crippen LogP contribution in [-0.2, 0) is 40.9 Å². The summed E-state index contributed by atoms with van der Waals surface area (Å²) in [5.41, 5.74) is 4.59. The Morgan fingerprint density at radius 1 is 1.28 bits per heavy atom. The molecule has 0 aromatic carbocycles. The van der Waals surface area contributed by atoms with Gasteiger partial charge in [-0.3, -0.25) is 4.98 Å². The normalized spacial score (nSPS) is 20.0. The van der Waals surface area contributed by atoms with E-state index in [2.05, 4.69) is 14.7 Å². The molecule has 9 heteroatoms. The fourth-order valence-corrected chi connectivity index (χ4v) is 6.31. The maximum absolute atomic E-state index is 12.6. The molecule has 2 N–H and O–H groups in total. The smallest absolute Gasteiger partial charge is 0.353 e. The molecule has 0 saturated heterocycles. The molecular weight excluding hydrogens is 408 g/mol. The molecule has 1 spiro atoms. The van der Waals surface area contributed by atoms with Crippen LogP contribution in [0.1, 0.15) is 66.9 Å². The summed E-state index contributed by atoms with van der Waals surface area (Å²) in [6, 6.07) is -0.606. The second-order valence-electron chi connectivity index (χ2n) is 8.74. The van der Waals surface area contributed by atoms with Gasteiger partial charge in [0.1, 0.15) is 10.6 Å². The van der Waals surface area contributed by atoms with E-state index >= 15 is 0 Å². The molecule has 3 aliphatic rings.